The van der Waals surface area contributed by atoms with Crippen LogP contribution in [-0.2, 0) is 0 Å². The number of halogens is 1. The molecule has 2 rings (SSSR count). The summed E-state index contributed by atoms with van der Waals surface area (Å²) in [6.45, 7) is 7.70. The molecular formula is C16H19ClN4O. The third-order valence-electron chi connectivity index (χ3n) is 3.40. The number of aromatic nitrogens is 2. The van der Waals surface area contributed by atoms with Crippen LogP contribution >= 0.6 is 11.6 Å². The van der Waals surface area contributed by atoms with E-state index in [9.17, 15) is 4.79 Å². The zero-order valence-corrected chi connectivity index (χ0v) is 13.7. The summed E-state index contributed by atoms with van der Waals surface area (Å²) in [4.78, 5) is 14.2. The second-order valence-corrected chi connectivity index (χ2v) is 5.27. The van der Waals surface area contributed by atoms with E-state index in [1.54, 1.807) is 24.3 Å². The number of aryl methyl sites for hydroxylation is 1. The molecule has 0 bridgehead atoms. The summed E-state index contributed by atoms with van der Waals surface area (Å²) in [5.41, 5.74) is 1.87. The SMILES string of the molecule is CCN(CC)c1ccc(C(=O)Nc2ccc(C)c(Cl)c2)nn1. The molecule has 0 fully saturated rings. The number of carbonyl (C=O) groups excluding carboxylic acids is 1. The first-order chi connectivity index (χ1) is 10.5. The van der Waals surface area contributed by atoms with Gasteiger partial charge in [0.05, 0.1) is 0 Å². The number of benzene rings is 1. The molecule has 0 aliphatic carbocycles. The fourth-order valence-corrected chi connectivity index (χ4v) is 2.21. The molecule has 22 heavy (non-hydrogen) atoms. The largest absolute Gasteiger partial charge is 0.356 e. The van der Waals surface area contributed by atoms with Gasteiger partial charge in [0.2, 0.25) is 0 Å². The van der Waals surface area contributed by atoms with Crippen LogP contribution in [0.2, 0.25) is 5.02 Å². The normalized spacial score (nSPS) is 10.4. The predicted octanol–water partition coefficient (Wildman–Crippen LogP) is 3.54. The van der Waals surface area contributed by atoms with Gasteiger partial charge in [-0.15, -0.1) is 10.2 Å². The summed E-state index contributed by atoms with van der Waals surface area (Å²) in [5.74, 6) is 0.457. The van der Waals surface area contributed by atoms with Crippen molar-refractivity contribution in [2.45, 2.75) is 20.8 Å². The van der Waals surface area contributed by atoms with Gasteiger partial charge in [-0.3, -0.25) is 4.79 Å². The van der Waals surface area contributed by atoms with Crippen molar-refractivity contribution < 1.29 is 4.79 Å². The summed E-state index contributed by atoms with van der Waals surface area (Å²) in [6.07, 6.45) is 0. The molecule has 0 aliphatic heterocycles. The Kier molecular flexibility index (Phi) is 5.33. The number of carbonyl (C=O) groups is 1. The summed E-state index contributed by atoms with van der Waals surface area (Å²) < 4.78 is 0. The van der Waals surface area contributed by atoms with Crippen molar-refractivity contribution in [1.82, 2.24) is 10.2 Å². The van der Waals surface area contributed by atoms with E-state index in [1.807, 2.05) is 26.8 Å². The van der Waals surface area contributed by atoms with Crippen molar-refractivity contribution in [3.05, 3.63) is 46.6 Å². The van der Waals surface area contributed by atoms with Crippen LogP contribution in [0, 0.1) is 6.92 Å². The summed E-state index contributed by atoms with van der Waals surface area (Å²) in [5, 5.41) is 11.5. The van der Waals surface area contributed by atoms with Gasteiger partial charge in [0, 0.05) is 23.8 Å². The quantitative estimate of drug-likeness (QED) is 0.916. The van der Waals surface area contributed by atoms with Crippen molar-refractivity contribution in [1.29, 1.82) is 0 Å². The lowest BCUT2D eigenvalue weighted by Crippen LogP contribution is -2.24. The Labute approximate surface area is 135 Å². The number of amides is 1. The Morgan fingerprint density at radius 1 is 1.18 bits per heavy atom. The van der Waals surface area contributed by atoms with Crippen LogP contribution < -0.4 is 10.2 Å². The van der Waals surface area contributed by atoms with Gasteiger partial charge in [-0.2, -0.15) is 0 Å². The lowest BCUT2D eigenvalue weighted by molar-refractivity contribution is 0.102. The molecular weight excluding hydrogens is 300 g/mol. The summed E-state index contributed by atoms with van der Waals surface area (Å²) in [6, 6.07) is 8.85. The van der Waals surface area contributed by atoms with Crippen LogP contribution in [0.5, 0.6) is 0 Å². The van der Waals surface area contributed by atoms with E-state index >= 15 is 0 Å². The molecule has 1 amide bonds. The molecule has 116 valence electrons. The topological polar surface area (TPSA) is 58.1 Å². The zero-order chi connectivity index (χ0) is 16.1. The van der Waals surface area contributed by atoms with Gasteiger partial charge >= 0.3 is 0 Å². The molecule has 1 N–H and O–H groups in total. The first-order valence-electron chi connectivity index (χ1n) is 7.21. The first kappa shape index (κ1) is 16.2. The Balaban J connectivity index is 2.11. The van der Waals surface area contributed by atoms with E-state index in [2.05, 4.69) is 20.4 Å². The molecule has 0 atom stereocenters. The molecule has 0 saturated heterocycles. The van der Waals surface area contributed by atoms with Crippen molar-refractivity contribution >= 4 is 29.0 Å². The minimum Gasteiger partial charge on any atom is -0.356 e. The van der Waals surface area contributed by atoms with E-state index < -0.39 is 0 Å². The smallest absolute Gasteiger partial charge is 0.276 e. The molecule has 0 spiro atoms. The fraction of sp³-hybridized carbons (Fsp3) is 0.312. The minimum absolute atomic E-state index is 0.271. The van der Waals surface area contributed by atoms with Gasteiger partial charge in [0.25, 0.3) is 5.91 Å². The van der Waals surface area contributed by atoms with Gasteiger partial charge in [0.1, 0.15) is 0 Å². The number of nitrogens with one attached hydrogen (secondary N) is 1. The molecule has 1 aromatic carbocycles. The van der Waals surface area contributed by atoms with Gasteiger partial charge in [-0.1, -0.05) is 17.7 Å². The second kappa shape index (κ2) is 7.22. The van der Waals surface area contributed by atoms with Crippen LogP contribution in [0.15, 0.2) is 30.3 Å². The third kappa shape index (κ3) is 3.74. The molecule has 1 heterocycles. The highest BCUT2D eigenvalue weighted by molar-refractivity contribution is 6.31. The number of anilines is 2. The van der Waals surface area contributed by atoms with E-state index in [0.717, 1.165) is 24.5 Å². The molecule has 1 aromatic heterocycles. The fourth-order valence-electron chi connectivity index (χ4n) is 2.03. The van der Waals surface area contributed by atoms with E-state index in [4.69, 9.17) is 11.6 Å². The Morgan fingerprint density at radius 3 is 2.45 bits per heavy atom. The second-order valence-electron chi connectivity index (χ2n) is 4.87. The summed E-state index contributed by atoms with van der Waals surface area (Å²) >= 11 is 6.05. The van der Waals surface area contributed by atoms with Gasteiger partial charge in [0.15, 0.2) is 11.5 Å². The maximum atomic E-state index is 12.2. The zero-order valence-electron chi connectivity index (χ0n) is 12.9. The molecule has 6 heteroatoms. The molecule has 5 nitrogen and oxygen atoms in total. The van der Waals surface area contributed by atoms with Crippen LogP contribution in [0.25, 0.3) is 0 Å². The van der Waals surface area contributed by atoms with Crippen molar-refractivity contribution in [2.75, 3.05) is 23.3 Å². The maximum Gasteiger partial charge on any atom is 0.276 e. The third-order valence-corrected chi connectivity index (χ3v) is 3.81. The van der Waals surface area contributed by atoms with Gasteiger partial charge in [-0.05, 0) is 50.6 Å². The lowest BCUT2D eigenvalue weighted by Gasteiger charge is -2.18. The van der Waals surface area contributed by atoms with Gasteiger partial charge in [-0.25, -0.2) is 0 Å². The number of hydrogen-bond donors (Lipinski definition) is 1. The lowest BCUT2D eigenvalue weighted by atomic mass is 10.2. The van der Waals surface area contributed by atoms with E-state index in [1.165, 1.54) is 0 Å². The van der Waals surface area contributed by atoms with Crippen LogP contribution in [-0.4, -0.2) is 29.2 Å². The van der Waals surface area contributed by atoms with Crippen LogP contribution in [0.3, 0.4) is 0 Å². The highest BCUT2D eigenvalue weighted by atomic mass is 35.5. The highest BCUT2D eigenvalue weighted by Crippen LogP contribution is 2.20. The molecule has 0 saturated carbocycles. The number of rotatable bonds is 5. The summed E-state index contributed by atoms with van der Waals surface area (Å²) in [7, 11) is 0. The molecule has 2 aromatic rings. The van der Waals surface area contributed by atoms with Crippen LogP contribution in [0.4, 0.5) is 11.5 Å². The van der Waals surface area contributed by atoms with Crippen molar-refractivity contribution in [3.8, 4) is 0 Å². The average molecular weight is 319 g/mol. The average Bonchev–Trinajstić information content (AvgIpc) is 2.53. The van der Waals surface area contributed by atoms with Crippen LogP contribution in [0.1, 0.15) is 29.9 Å². The number of hydrogen-bond acceptors (Lipinski definition) is 4. The Hall–Kier alpha value is -2.14. The molecule has 0 unspecified atom stereocenters. The highest BCUT2D eigenvalue weighted by Gasteiger charge is 2.11. The first-order valence-corrected chi connectivity index (χ1v) is 7.59. The Morgan fingerprint density at radius 2 is 1.91 bits per heavy atom. The van der Waals surface area contributed by atoms with Crippen molar-refractivity contribution in [3.63, 3.8) is 0 Å². The Bertz CT molecular complexity index is 654. The van der Waals surface area contributed by atoms with E-state index in [0.29, 0.717) is 10.7 Å². The maximum absolute atomic E-state index is 12.2. The molecule has 0 aliphatic rings. The standard InChI is InChI=1S/C16H19ClN4O/c1-4-21(5-2)15-9-8-14(19-20-15)16(22)18-12-7-6-11(3)13(17)10-12/h6-10H,4-5H2,1-3H3,(H,18,22). The van der Waals surface area contributed by atoms with Crippen molar-refractivity contribution in [2.24, 2.45) is 0 Å². The minimum atomic E-state index is -0.307. The number of nitrogens with zero attached hydrogens (tertiary/aromatic N) is 3. The van der Waals surface area contributed by atoms with E-state index in [-0.39, 0.29) is 11.6 Å². The monoisotopic (exact) mass is 318 g/mol. The predicted molar refractivity (Wildman–Crippen MR) is 89.7 cm³/mol. The van der Waals surface area contributed by atoms with Gasteiger partial charge < -0.3 is 10.2 Å². The molecule has 0 radical (unpaired) electrons.